The van der Waals surface area contributed by atoms with Gasteiger partial charge in [0.15, 0.2) is 0 Å². The van der Waals surface area contributed by atoms with Crippen molar-refractivity contribution in [2.24, 2.45) is 10.5 Å². The molecule has 8 nitrogen and oxygen atoms in total. The maximum absolute atomic E-state index is 11.0. The quantitative estimate of drug-likeness (QED) is 0.351. The Bertz CT molecular complexity index is 311. The maximum atomic E-state index is 11.0. The molecule has 0 saturated heterocycles. The van der Waals surface area contributed by atoms with E-state index in [-0.39, 0.29) is 51.6 Å². The second-order valence-electron chi connectivity index (χ2n) is 2.70. The average molecular weight is 328 g/mol. The van der Waals surface area contributed by atoms with Crippen molar-refractivity contribution in [3.63, 3.8) is 0 Å². The molecule has 0 aliphatic carbocycles. The molecule has 0 aliphatic rings. The molecule has 0 bridgehead atoms. The Kier molecular flexibility index (Phi) is 9.34. The molecule has 0 fully saturated rings. The number of carboxylic acids is 1. The number of nitrogens with two attached hydrogens (primary N) is 1. The Morgan fingerprint density at radius 2 is 2.12 bits per heavy atom. The fourth-order valence-corrected chi connectivity index (χ4v) is 1.12. The van der Waals surface area contributed by atoms with Gasteiger partial charge in [0.25, 0.3) is 0 Å². The van der Waals surface area contributed by atoms with E-state index in [1.54, 1.807) is 0 Å². The Hall–Kier alpha value is -0.00610. The Morgan fingerprint density at radius 3 is 2.50 bits per heavy atom. The molecule has 91 valence electrons. The van der Waals surface area contributed by atoms with Crippen LogP contribution in [0.5, 0.6) is 0 Å². The van der Waals surface area contributed by atoms with Gasteiger partial charge < -0.3 is 20.6 Å². The molecular formula is C6H14N3O5PY. The molecule has 1 unspecified atom stereocenters. The number of nitrogens with zero attached hydrogens (tertiary/aromatic N) is 2. The largest absolute Gasteiger partial charge is 0.481 e. The summed E-state index contributed by atoms with van der Waals surface area (Å²) in [7, 11) is -1.58. The standard InChI is InChI=1S/C6H14N3O5P.Y/c1-9(4-3-5(10)11)6(7)8-15(12,13)14-2;/h3-4H2,1-2H3,(H,10,11)(H3,7,8,12,13);. The van der Waals surface area contributed by atoms with Crippen LogP contribution in [-0.4, -0.2) is 47.5 Å². The van der Waals surface area contributed by atoms with E-state index in [4.69, 9.17) is 15.7 Å². The van der Waals surface area contributed by atoms with Crippen LogP contribution < -0.4 is 5.73 Å². The first kappa shape index (κ1) is 18.4. The molecule has 4 N–H and O–H groups in total. The summed E-state index contributed by atoms with van der Waals surface area (Å²) >= 11 is 0. The minimum atomic E-state index is -4.06. The molecule has 0 spiro atoms. The molecule has 0 amide bonds. The molecular weight excluding hydrogens is 314 g/mol. The number of rotatable bonds is 5. The van der Waals surface area contributed by atoms with E-state index in [1.807, 2.05) is 0 Å². The van der Waals surface area contributed by atoms with Gasteiger partial charge in [0.05, 0.1) is 6.42 Å². The van der Waals surface area contributed by atoms with Crippen molar-refractivity contribution in [1.82, 2.24) is 4.90 Å². The van der Waals surface area contributed by atoms with Crippen LogP contribution in [0.15, 0.2) is 4.76 Å². The summed E-state index contributed by atoms with van der Waals surface area (Å²) in [5.74, 6) is -1.24. The first-order valence-electron chi connectivity index (χ1n) is 3.95. The predicted molar refractivity (Wildman–Crippen MR) is 53.3 cm³/mol. The van der Waals surface area contributed by atoms with Crippen LogP contribution >= 0.6 is 7.75 Å². The van der Waals surface area contributed by atoms with Crippen molar-refractivity contribution in [3.8, 4) is 0 Å². The molecule has 16 heavy (non-hydrogen) atoms. The van der Waals surface area contributed by atoms with Crippen molar-refractivity contribution in [3.05, 3.63) is 0 Å². The molecule has 0 rings (SSSR count). The van der Waals surface area contributed by atoms with Gasteiger partial charge in [0.2, 0.25) is 5.96 Å². The van der Waals surface area contributed by atoms with Gasteiger partial charge in [-0.2, -0.15) is 0 Å². The van der Waals surface area contributed by atoms with Crippen LogP contribution in [0.1, 0.15) is 6.42 Å². The Balaban J connectivity index is 0. The summed E-state index contributed by atoms with van der Waals surface area (Å²) in [6.45, 7) is 0.0916. The van der Waals surface area contributed by atoms with E-state index >= 15 is 0 Å². The first-order valence-corrected chi connectivity index (χ1v) is 5.48. The molecule has 1 atom stereocenters. The molecule has 0 aromatic rings. The summed E-state index contributed by atoms with van der Waals surface area (Å²) in [4.78, 5) is 20.4. The summed E-state index contributed by atoms with van der Waals surface area (Å²) < 4.78 is 18.4. The van der Waals surface area contributed by atoms with Crippen molar-refractivity contribution < 1.29 is 56.6 Å². The summed E-state index contributed by atoms with van der Waals surface area (Å²) in [6.07, 6.45) is -0.143. The monoisotopic (exact) mass is 328 g/mol. The Morgan fingerprint density at radius 1 is 1.62 bits per heavy atom. The minimum Gasteiger partial charge on any atom is -0.481 e. The third kappa shape index (κ3) is 8.18. The van der Waals surface area contributed by atoms with Gasteiger partial charge in [-0.3, -0.25) is 9.32 Å². The van der Waals surface area contributed by atoms with Crippen molar-refractivity contribution in [2.75, 3.05) is 20.7 Å². The molecule has 0 heterocycles. The third-order valence-electron chi connectivity index (χ3n) is 1.52. The van der Waals surface area contributed by atoms with Crippen LogP contribution in [0.4, 0.5) is 0 Å². The Labute approximate surface area is 118 Å². The van der Waals surface area contributed by atoms with Crippen molar-refractivity contribution in [1.29, 1.82) is 0 Å². The fourth-order valence-electron chi connectivity index (χ4n) is 0.625. The normalized spacial score (nSPS) is 14.8. The molecule has 0 aromatic heterocycles. The number of guanidine groups is 1. The van der Waals surface area contributed by atoms with E-state index < -0.39 is 13.7 Å². The van der Waals surface area contributed by atoms with Crippen LogP contribution in [0.3, 0.4) is 0 Å². The summed E-state index contributed by atoms with van der Waals surface area (Å²) in [6, 6.07) is 0. The zero-order valence-electron chi connectivity index (χ0n) is 9.03. The van der Waals surface area contributed by atoms with E-state index in [0.29, 0.717) is 0 Å². The van der Waals surface area contributed by atoms with E-state index in [2.05, 4.69) is 9.29 Å². The van der Waals surface area contributed by atoms with Gasteiger partial charge in [-0.1, -0.05) is 0 Å². The van der Waals surface area contributed by atoms with Gasteiger partial charge in [0, 0.05) is 53.4 Å². The summed E-state index contributed by atoms with van der Waals surface area (Å²) in [5, 5.41) is 8.39. The van der Waals surface area contributed by atoms with E-state index in [1.165, 1.54) is 11.9 Å². The molecule has 0 aromatic carbocycles. The zero-order chi connectivity index (χ0) is 12.1. The minimum absolute atomic E-state index is 0. The van der Waals surface area contributed by atoms with Gasteiger partial charge in [0.1, 0.15) is 0 Å². The molecule has 0 saturated carbocycles. The van der Waals surface area contributed by atoms with Crippen LogP contribution in [-0.2, 0) is 46.6 Å². The molecule has 0 aliphatic heterocycles. The predicted octanol–water partition coefficient (Wildman–Crippen LogP) is -0.548. The van der Waals surface area contributed by atoms with E-state index in [0.717, 1.165) is 7.11 Å². The van der Waals surface area contributed by atoms with Crippen LogP contribution in [0.2, 0.25) is 0 Å². The van der Waals surface area contributed by atoms with Crippen molar-refractivity contribution in [2.45, 2.75) is 6.42 Å². The first-order chi connectivity index (χ1) is 6.78. The third-order valence-corrected chi connectivity index (χ3v) is 2.45. The molecule has 10 heteroatoms. The molecule has 1 radical (unpaired) electrons. The van der Waals surface area contributed by atoms with Gasteiger partial charge in [-0.25, -0.2) is 4.57 Å². The van der Waals surface area contributed by atoms with Gasteiger partial charge in [-0.15, -0.1) is 4.76 Å². The fraction of sp³-hybridized carbons (Fsp3) is 0.667. The maximum Gasteiger partial charge on any atom is 0.454 e. The van der Waals surface area contributed by atoms with Crippen molar-refractivity contribution >= 4 is 19.7 Å². The van der Waals surface area contributed by atoms with Gasteiger partial charge in [-0.05, 0) is 0 Å². The van der Waals surface area contributed by atoms with Crippen LogP contribution in [0.25, 0.3) is 0 Å². The number of carboxylic acid groups (broad SMARTS) is 1. The zero-order valence-corrected chi connectivity index (χ0v) is 12.8. The van der Waals surface area contributed by atoms with Gasteiger partial charge >= 0.3 is 13.7 Å². The van der Waals surface area contributed by atoms with E-state index in [9.17, 15) is 9.36 Å². The number of carbonyl (C=O) groups is 1. The average Bonchev–Trinajstić information content (AvgIpc) is 2.13. The summed E-state index contributed by atoms with van der Waals surface area (Å²) in [5.41, 5.74) is 5.34. The topological polar surface area (TPSA) is 125 Å². The number of aliphatic carboxylic acids is 1. The van der Waals surface area contributed by atoms with Crippen LogP contribution in [0, 0.1) is 0 Å². The second-order valence-corrected chi connectivity index (χ2v) is 4.24. The SMILES string of the molecule is COP(=O)(O)/N=C(\N)N(C)CCC(=O)O.[Y]. The second kappa shape index (κ2) is 8.14. The number of hydrogen-bond acceptors (Lipinski definition) is 3. The smallest absolute Gasteiger partial charge is 0.454 e. The number of hydrogen-bond donors (Lipinski definition) is 3.